The van der Waals surface area contributed by atoms with Crippen molar-refractivity contribution in [1.29, 1.82) is 5.26 Å². The van der Waals surface area contributed by atoms with Crippen molar-refractivity contribution in [2.24, 2.45) is 0 Å². The summed E-state index contributed by atoms with van der Waals surface area (Å²) in [5, 5.41) is 10.4. The fraction of sp³-hybridized carbons (Fsp3) is 0.200. The molecular formula is C25H20F2N3O2S+. The largest absolute Gasteiger partial charge is 0.454 e. The Bertz CT molecular complexity index is 1420. The summed E-state index contributed by atoms with van der Waals surface area (Å²) in [5.74, 6) is -1.11. The molecule has 0 atom stereocenters. The molecule has 1 saturated carbocycles. The van der Waals surface area contributed by atoms with Gasteiger partial charge in [0.15, 0.2) is 11.6 Å². The SMILES string of the molecule is CO[n+]1c(C)cc(-c2cc(SC3(C#N)CC3)ccc2Oc2ccc(F)cc2F)c2cc[nH]c21. The molecule has 0 bridgehead atoms. The number of aromatic amines is 1. The predicted octanol–water partition coefficient (Wildman–Crippen LogP) is 5.71. The molecule has 1 aliphatic rings. The van der Waals surface area contributed by atoms with E-state index in [1.807, 2.05) is 37.4 Å². The lowest BCUT2D eigenvalue weighted by Crippen LogP contribution is -2.44. The molecule has 1 fully saturated rings. The quantitative estimate of drug-likeness (QED) is 0.372. The van der Waals surface area contributed by atoms with Crippen molar-refractivity contribution in [2.45, 2.75) is 29.4 Å². The van der Waals surface area contributed by atoms with Crippen LogP contribution in [0.5, 0.6) is 11.5 Å². The van der Waals surface area contributed by atoms with Crippen molar-refractivity contribution < 1.29 is 23.1 Å². The van der Waals surface area contributed by atoms with Gasteiger partial charge in [0.2, 0.25) is 0 Å². The number of aryl methyl sites for hydroxylation is 1. The fourth-order valence-electron chi connectivity index (χ4n) is 3.85. The lowest BCUT2D eigenvalue weighted by atomic mass is 10.0. The molecule has 166 valence electrons. The first-order valence-electron chi connectivity index (χ1n) is 10.4. The summed E-state index contributed by atoms with van der Waals surface area (Å²) in [6.45, 7) is 1.92. The van der Waals surface area contributed by atoms with Crippen molar-refractivity contribution in [2.75, 3.05) is 7.11 Å². The first kappa shape index (κ1) is 21.3. The number of hydrogen-bond donors (Lipinski definition) is 1. The van der Waals surface area contributed by atoms with E-state index in [9.17, 15) is 14.0 Å². The molecule has 0 saturated heterocycles. The smallest absolute Gasteiger partial charge is 0.326 e. The van der Waals surface area contributed by atoms with E-state index in [0.717, 1.165) is 57.7 Å². The number of H-pyrrole nitrogens is 1. The first-order chi connectivity index (χ1) is 15.9. The molecular weight excluding hydrogens is 444 g/mol. The van der Waals surface area contributed by atoms with Crippen LogP contribution in [0.1, 0.15) is 18.5 Å². The molecule has 0 aliphatic heterocycles. The van der Waals surface area contributed by atoms with Crippen molar-refractivity contribution >= 4 is 22.8 Å². The molecule has 33 heavy (non-hydrogen) atoms. The summed E-state index contributed by atoms with van der Waals surface area (Å²) in [6.07, 6.45) is 3.52. The second-order valence-corrected chi connectivity index (χ2v) is 9.42. The molecule has 5 nitrogen and oxygen atoms in total. The van der Waals surface area contributed by atoms with Gasteiger partial charge in [0.1, 0.15) is 29.1 Å². The van der Waals surface area contributed by atoms with Crippen LogP contribution in [0.3, 0.4) is 0 Å². The van der Waals surface area contributed by atoms with E-state index >= 15 is 0 Å². The van der Waals surface area contributed by atoms with Gasteiger partial charge in [-0.2, -0.15) is 5.26 Å². The minimum absolute atomic E-state index is 0.0707. The Labute approximate surface area is 193 Å². The van der Waals surface area contributed by atoms with E-state index in [0.29, 0.717) is 5.75 Å². The van der Waals surface area contributed by atoms with E-state index in [2.05, 4.69) is 11.1 Å². The predicted molar refractivity (Wildman–Crippen MR) is 121 cm³/mol. The number of halogens is 2. The summed E-state index contributed by atoms with van der Waals surface area (Å²) in [4.78, 5) is 9.61. The number of fused-ring (bicyclic) bond motifs is 1. The second kappa shape index (κ2) is 8.09. The molecule has 1 N–H and O–H groups in total. The number of nitrogens with one attached hydrogen (secondary N) is 1. The first-order valence-corrected chi connectivity index (χ1v) is 11.2. The van der Waals surface area contributed by atoms with Gasteiger partial charge in [0, 0.05) is 29.0 Å². The van der Waals surface area contributed by atoms with Gasteiger partial charge in [-0.1, -0.05) is 0 Å². The highest BCUT2D eigenvalue weighted by molar-refractivity contribution is 8.01. The molecule has 0 unspecified atom stereocenters. The maximum atomic E-state index is 14.4. The van der Waals surface area contributed by atoms with Gasteiger partial charge in [-0.05, 0) is 60.0 Å². The maximum absolute atomic E-state index is 14.4. The van der Waals surface area contributed by atoms with Gasteiger partial charge < -0.3 is 9.57 Å². The van der Waals surface area contributed by atoms with Crippen molar-refractivity contribution in [3.8, 4) is 28.7 Å². The Morgan fingerprint density at radius 3 is 2.55 bits per heavy atom. The molecule has 1 aliphatic carbocycles. The normalized spacial score (nSPS) is 14.2. The minimum atomic E-state index is -0.783. The number of pyridine rings is 1. The standard InChI is InChI=1S/C25H19F2N3O2S/c1-15-11-19(18-7-10-29-24(18)30(15)31-2)20-13-17(33-25(14-28)8-9-25)4-6-22(20)32-23-5-3-16(26)12-21(23)27/h3-7,10-13H,8-9H2,1-2H3/p+1. The van der Waals surface area contributed by atoms with E-state index in [-0.39, 0.29) is 5.75 Å². The number of hydrogen-bond acceptors (Lipinski definition) is 4. The van der Waals surface area contributed by atoms with Crippen LogP contribution in [0.15, 0.2) is 59.6 Å². The summed E-state index contributed by atoms with van der Waals surface area (Å²) in [5.41, 5.74) is 3.20. The molecule has 2 heterocycles. The van der Waals surface area contributed by atoms with Crippen LogP contribution in [0.4, 0.5) is 8.78 Å². The highest BCUT2D eigenvalue weighted by atomic mass is 32.2. The number of nitrogens with zero attached hydrogens (tertiary/aromatic N) is 2. The number of nitriles is 1. The Balaban J connectivity index is 1.67. The van der Waals surface area contributed by atoms with Crippen molar-refractivity contribution in [3.63, 3.8) is 0 Å². The Kier molecular flexibility index (Phi) is 5.22. The third-order valence-electron chi connectivity index (χ3n) is 5.65. The lowest BCUT2D eigenvalue weighted by molar-refractivity contribution is -0.870. The monoisotopic (exact) mass is 464 g/mol. The summed E-state index contributed by atoms with van der Waals surface area (Å²) in [6, 6.07) is 15.1. The minimum Gasteiger partial charge on any atom is -0.454 e. The van der Waals surface area contributed by atoms with Crippen LogP contribution in [-0.4, -0.2) is 16.8 Å². The zero-order chi connectivity index (χ0) is 23.2. The molecule has 0 spiro atoms. The fourth-order valence-corrected chi connectivity index (χ4v) is 4.97. The highest BCUT2D eigenvalue weighted by Gasteiger charge is 2.44. The van der Waals surface area contributed by atoms with E-state index in [1.165, 1.54) is 17.8 Å². The lowest BCUT2D eigenvalue weighted by Gasteiger charge is -2.16. The Morgan fingerprint density at radius 1 is 1.06 bits per heavy atom. The van der Waals surface area contributed by atoms with Gasteiger partial charge in [0.05, 0.1) is 17.7 Å². The number of benzene rings is 2. The molecule has 0 amide bonds. The average molecular weight is 465 g/mol. The van der Waals surface area contributed by atoms with Gasteiger partial charge >= 0.3 is 5.65 Å². The molecule has 0 radical (unpaired) electrons. The van der Waals surface area contributed by atoms with Crippen LogP contribution in [0, 0.1) is 29.9 Å². The maximum Gasteiger partial charge on any atom is 0.326 e. The number of aromatic nitrogens is 2. The summed E-state index contributed by atoms with van der Waals surface area (Å²) >= 11 is 1.53. The zero-order valence-electron chi connectivity index (χ0n) is 18.0. The van der Waals surface area contributed by atoms with E-state index in [1.54, 1.807) is 17.9 Å². The van der Waals surface area contributed by atoms with Gasteiger partial charge in [-0.3, -0.25) is 0 Å². The zero-order valence-corrected chi connectivity index (χ0v) is 18.8. The number of rotatable bonds is 6. The van der Waals surface area contributed by atoms with Crippen LogP contribution >= 0.6 is 11.8 Å². The average Bonchev–Trinajstić information content (AvgIpc) is 3.40. The molecule has 2 aromatic heterocycles. The third-order valence-corrected chi connectivity index (χ3v) is 7.03. The number of thioether (sulfide) groups is 1. The van der Waals surface area contributed by atoms with E-state index < -0.39 is 16.4 Å². The van der Waals surface area contributed by atoms with Crippen LogP contribution in [-0.2, 0) is 0 Å². The van der Waals surface area contributed by atoms with Crippen molar-refractivity contribution in [1.82, 2.24) is 4.98 Å². The third kappa shape index (κ3) is 3.89. The summed E-state index contributed by atoms with van der Waals surface area (Å²) < 4.78 is 35.0. The molecule has 5 rings (SSSR count). The van der Waals surface area contributed by atoms with Gasteiger partial charge in [-0.15, -0.1) is 11.8 Å². The van der Waals surface area contributed by atoms with Crippen LogP contribution < -0.4 is 14.3 Å². The highest BCUT2D eigenvalue weighted by Crippen LogP contribution is 2.52. The van der Waals surface area contributed by atoms with Gasteiger partial charge in [0.25, 0.3) is 0 Å². The molecule has 4 aromatic rings. The van der Waals surface area contributed by atoms with Crippen LogP contribution in [0.2, 0.25) is 0 Å². The van der Waals surface area contributed by atoms with E-state index in [4.69, 9.17) is 9.57 Å². The molecule has 8 heteroatoms. The topological polar surface area (TPSA) is 61.9 Å². The van der Waals surface area contributed by atoms with Crippen molar-refractivity contribution in [3.05, 3.63) is 72.1 Å². The Hall–Kier alpha value is -3.57. The van der Waals surface area contributed by atoms with Gasteiger partial charge in [-0.25, -0.2) is 13.8 Å². The van der Waals surface area contributed by atoms with Crippen LogP contribution in [0.25, 0.3) is 22.2 Å². The second-order valence-electron chi connectivity index (χ2n) is 7.96. The molecule has 2 aromatic carbocycles. The summed E-state index contributed by atoms with van der Waals surface area (Å²) in [7, 11) is 1.59. The number of ether oxygens (including phenoxy) is 1. The Morgan fingerprint density at radius 2 is 1.85 bits per heavy atom.